The Morgan fingerprint density at radius 3 is 2.55 bits per heavy atom. The lowest BCUT2D eigenvalue weighted by Gasteiger charge is -2.23. The molecule has 1 aliphatic heterocycles. The minimum absolute atomic E-state index is 0.810. The summed E-state index contributed by atoms with van der Waals surface area (Å²) in [6.45, 7) is 0. The molecule has 0 spiro atoms. The number of benzene rings is 3. The molecule has 1 aliphatic rings. The van der Waals surface area contributed by atoms with Crippen molar-refractivity contribution in [1.29, 1.82) is 0 Å². The van der Waals surface area contributed by atoms with Crippen LogP contribution < -0.4 is 10.1 Å². The molecule has 1 N–H and O–H groups in total. The average molecular weight is 258 g/mol. The van der Waals surface area contributed by atoms with Crippen LogP contribution in [0.4, 0.5) is 11.4 Å². The van der Waals surface area contributed by atoms with Gasteiger partial charge in [0.25, 0.3) is 0 Å². The number of nitrogens with one attached hydrogen (secondary N) is 1. The van der Waals surface area contributed by atoms with Gasteiger partial charge < -0.3 is 10.1 Å². The lowest BCUT2D eigenvalue weighted by atomic mass is 10.0. The van der Waals surface area contributed by atoms with E-state index in [1.54, 1.807) is 0 Å². The number of hydrogen-bond acceptors (Lipinski definition) is 2. The topological polar surface area (TPSA) is 21.3 Å². The quantitative estimate of drug-likeness (QED) is 0.518. The fourth-order valence-corrected chi connectivity index (χ4v) is 2.45. The minimum Gasteiger partial charge on any atom is -0.453 e. The number of anilines is 2. The Balaban J connectivity index is 1.87. The second kappa shape index (κ2) is 4.42. The van der Waals surface area contributed by atoms with Gasteiger partial charge in [-0.2, -0.15) is 0 Å². The Kier molecular flexibility index (Phi) is 2.46. The molecule has 0 aliphatic carbocycles. The molecule has 0 aromatic heterocycles. The highest BCUT2D eigenvalue weighted by molar-refractivity contribution is 5.88. The fourth-order valence-electron chi connectivity index (χ4n) is 2.45. The predicted octanol–water partition coefficient (Wildman–Crippen LogP) is 5.00. The molecular weight excluding hydrogens is 246 g/mol. The second-order valence-corrected chi connectivity index (χ2v) is 4.68. The molecule has 2 heteroatoms. The van der Waals surface area contributed by atoms with E-state index < -0.39 is 0 Å². The SMILES string of the molecule is [c]1cccc2c1Nc1c(cccc1-c1ccccc1)O2. The summed E-state index contributed by atoms with van der Waals surface area (Å²) in [5.74, 6) is 1.66. The molecule has 0 bridgehead atoms. The average Bonchev–Trinajstić information content (AvgIpc) is 2.53. The lowest BCUT2D eigenvalue weighted by Crippen LogP contribution is -2.04. The summed E-state index contributed by atoms with van der Waals surface area (Å²) in [6.07, 6.45) is 0. The van der Waals surface area contributed by atoms with Crippen molar-refractivity contribution >= 4 is 11.4 Å². The molecule has 0 saturated heterocycles. The highest BCUT2D eigenvalue weighted by atomic mass is 16.5. The highest BCUT2D eigenvalue weighted by Gasteiger charge is 2.19. The van der Waals surface area contributed by atoms with Gasteiger partial charge in [0.1, 0.15) is 0 Å². The number of rotatable bonds is 1. The van der Waals surface area contributed by atoms with Crippen LogP contribution in [0, 0.1) is 6.07 Å². The van der Waals surface area contributed by atoms with Crippen LogP contribution in [0.3, 0.4) is 0 Å². The molecule has 1 heterocycles. The van der Waals surface area contributed by atoms with Gasteiger partial charge in [-0.05, 0) is 17.7 Å². The third-order valence-electron chi connectivity index (χ3n) is 3.40. The zero-order chi connectivity index (χ0) is 13.4. The third kappa shape index (κ3) is 1.74. The Hall–Kier alpha value is -2.74. The molecule has 4 rings (SSSR count). The van der Waals surface area contributed by atoms with Gasteiger partial charge in [-0.1, -0.05) is 54.6 Å². The predicted molar refractivity (Wildman–Crippen MR) is 80.5 cm³/mol. The smallest absolute Gasteiger partial charge is 0.151 e. The molecule has 1 radical (unpaired) electrons. The maximum Gasteiger partial charge on any atom is 0.151 e. The number of fused-ring (bicyclic) bond motifs is 2. The number of para-hydroxylation sites is 2. The molecule has 95 valence electrons. The van der Waals surface area contributed by atoms with Crippen LogP contribution in [-0.4, -0.2) is 0 Å². The van der Waals surface area contributed by atoms with E-state index in [4.69, 9.17) is 4.74 Å². The van der Waals surface area contributed by atoms with Gasteiger partial charge in [-0.25, -0.2) is 0 Å². The molecule has 0 amide bonds. The van der Waals surface area contributed by atoms with E-state index in [2.05, 4.69) is 29.6 Å². The standard InChI is InChI=1S/C18H12NO/c1-2-7-13(8-3-1)14-9-6-12-17-18(14)19-15-10-4-5-11-16(15)20-17/h1-9,11-12,19H. The molecule has 0 atom stereocenters. The first-order valence-electron chi connectivity index (χ1n) is 6.56. The van der Waals surface area contributed by atoms with Crippen molar-refractivity contribution in [2.24, 2.45) is 0 Å². The van der Waals surface area contributed by atoms with Crippen LogP contribution in [0.1, 0.15) is 0 Å². The second-order valence-electron chi connectivity index (χ2n) is 4.68. The van der Waals surface area contributed by atoms with E-state index in [1.165, 1.54) is 5.56 Å². The fraction of sp³-hybridized carbons (Fsp3) is 0. The van der Waals surface area contributed by atoms with Crippen LogP contribution in [0.2, 0.25) is 0 Å². The van der Waals surface area contributed by atoms with Gasteiger partial charge in [0.05, 0.1) is 11.4 Å². The molecule has 0 saturated carbocycles. The first-order valence-corrected chi connectivity index (χ1v) is 6.56. The largest absolute Gasteiger partial charge is 0.453 e. The molecular formula is C18H12NO. The number of hydrogen-bond donors (Lipinski definition) is 1. The summed E-state index contributed by atoms with van der Waals surface area (Å²) in [6, 6.07) is 25.3. The molecule has 3 aromatic carbocycles. The summed E-state index contributed by atoms with van der Waals surface area (Å²) in [5.41, 5.74) is 4.17. The van der Waals surface area contributed by atoms with Crippen molar-refractivity contribution in [2.75, 3.05) is 5.32 Å². The third-order valence-corrected chi connectivity index (χ3v) is 3.40. The van der Waals surface area contributed by atoms with Crippen molar-refractivity contribution in [1.82, 2.24) is 0 Å². The normalized spacial score (nSPS) is 11.8. The van der Waals surface area contributed by atoms with E-state index in [-0.39, 0.29) is 0 Å². The van der Waals surface area contributed by atoms with Crippen molar-refractivity contribution in [3.8, 4) is 22.6 Å². The van der Waals surface area contributed by atoms with Crippen molar-refractivity contribution in [3.63, 3.8) is 0 Å². The van der Waals surface area contributed by atoms with E-state index in [0.717, 1.165) is 28.4 Å². The van der Waals surface area contributed by atoms with Gasteiger partial charge in [-0.3, -0.25) is 0 Å². The Bertz CT molecular complexity index is 765. The lowest BCUT2D eigenvalue weighted by molar-refractivity contribution is 0.481. The van der Waals surface area contributed by atoms with Gasteiger partial charge >= 0.3 is 0 Å². The summed E-state index contributed by atoms with van der Waals surface area (Å²) in [4.78, 5) is 0. The first-order chi connectivity index (χ1) is 9.92. The monoisotopic (exact) mass is 258 g/mol. The van der Waals surface area contributed by atoms with E-state index in [1.807, 2.05) is 48.5 Å². The maximum atomic E-state index is 5.95. The van der Waals surface area contributed by atoms with Gasteiger partial charge in [0, 0.05) is 11.6 Å². The number of ether oxygens (including phenoxy) is 1. The van der Waals surface area contributed by atoms with Gasteiger partial charge in [0.2, 0.25) is 0 Å². The Labute approximate surface area is 117 Å². The van der Waals surface area contributed by atoms with Crippen LogP contribution in [0.5, 0.6) is 11.5 Å². The van der Waals surface area contributed by atoms with Crippen LogP contribution >= 0.6 is 0 Å². The van der Waals surface area contributed by atoms with E-state index in [9.17, 15) is 0 Å². The molecule has 2 nitrogen and oxygen atoms in total. The molecule has 0 unspecified atom stereocenters. The summed E-state index contributed by atoms with van der Waals surface area (Å²) < 4.78 is 5.95. The summed E-state index contributed by atoms with van der Waals surface area (Å²) in [7, 11) is 0. The van der Waals surface area contributed by atoms with Crippen molar-refractivity contribution in [3.05, 3.63) is 72.8 Å². The minimum atomic E-state index is 0.810. The zero-order valence-corrected chi connectivity index (χ0v) is 10.8. The Morgan fingerprint density at radius 2 is 1.65 bits per heavy atom. The highest BCUT2D eigenvalue weighted by Crippen LogP contribution is 2.45. The van der Waals surface area contributed by atoms with E-state index in [0.29, 0.717) is 0 Å². The summed E-state index contributed by atoms with van der Waals surface area (Å²) >= 11 is 0. The van der Waals surface area contributed by atoms with Crippen molar-refractivity contribution in [2.45, 2.75) is 0 Å². The van der Waals surface area contributed by atoms with Crippen LogP contribution in [0.15, 0.2) is 66.7 Å². The molecule has 20 heavy (non-hydrogen) atoms. The summed E-state index contributed by atoms with van der Waals surface area (Å²) in [5, 5.41) is 3.43. The van der Waals surface area contributed by atoms with E-state index >= 15 is 0 Å². The van der Waals surface area contributed by atoms with Crippen LogP contribution in [-0.2, 0) is 0 Å². The molecule has 3 aromatic rings. The van der Waals surface area contributed by atoms with Crippen molar-refractivity contribution < 1.29 is 4.74 Å². The zero-order valence-electron chi connectivity index (χ0n) is 10.8. The van der Waals surface area contributed by atoms with Gasteiger partial charge in [-0.15, -0.1) is 0 Å². The van der Waals surface area contributed by atoms with Gasteiger partial charge in [0.15, 0.2) is 11.5 Å². The Morgan fingerprint density at radius 1 is 0.800 bits per heavy atom. The molecule has 0 fully saturated rings. The maximum absolute atomic E-state index is 5.95. The first kappa shape index (κ1) is 11.1. The van der Waals surface area contributed by atoms with Crippen LogP contribution in [0.25, 0.3) is 11.1 Å².